The van der Waals surface area contributed by atoms with Gasteiger partial charge in [0.15, 0.2) is 0 Å². The summed E-state index contributed by atoms with van der Waals surface area (Å²) in [4.78, 5) is 6.91. The third-order valence-corrected chi connectivity index (χ3v) is 2.74. The molecule has 2 heterocycles. The summed E-state index contributed by atoms with van der Waals surface area (Å²) >= 11 is 1.40. The van der Waals surface area contributed by atoms with E-state index in [1.165, 1.54) is 24.5 Å². The van der Waals surface area contributed by atoms with Gasteiger partial charge in [-0.3, -0.25) is 0 Å². The fraction of sp³-hybridized carbons (Fsp3) is 0.200. The van der Waals surface area contributed by atoms with Crippen molar-refractivity contribution in [2.75, 3.05) is 12.4 Å². The SMILES string of the molecule is CNc1cc(-c2ccsc2)nc(C(F)(F)F)n1. The van der Waals surface area contributed by atoms with Crippen molar-refractivity contribution in [1.29, 1.82) is 0 Å². The van der Waals surface area contributed by atoms with Crippen molar-refractivity contribution in [2.24, 2.45) is 0 Å². The second-order valence-electron chi connectivity index (χ2n) is 3.22. The van der Waals surface area contributed by atoms with Crippen molar-refractivity contribution in [3.8, 4) is 11.3 Å². The summed E-state index contributed by atoms with van der Waals surface area (Å²) in [5, 5.41) is 6.11. The van der Waals surface area contributed by atoms with Gasteiger partial charge in [0.25, 0.3) is 0 Å². The Hall–Kier alpha value is -1.63. The van der Waals surface area contributed by atoms with Crippen LogP contribution >= 0.6 is 11.3 Å². The van der Waals surface area contributed by atoms with Gasteiger partial charge in [0.1, 0.15) is 5.82 Å². The molecule has 0 saturated carbocycles. The van der Waals surface area contributed by atoms with Gasteiger partial charge in [0, 0.05) is 24.1 Å². The quantitative estimate of drug-likeness (QED) is 0.899. The van der Waals surface area contributed by atoms with Crippen molar-refractivity contribution < 1.29 is 13.2 Å². The second kappa shape index (κ2) is 4.33. The lowest BCUT2D eigenvalue weighted by atomic mass is 10.2. The highest BCUT2D eigenvalue weighted by atomic mass is 32.1. The van der Waals surface area contributed by atoms with E-state index in [0.29, 0.717) is 5.56 Å². The molecular weight excluding hydrogens is 251 g/mol. The summed E-state index contributed by atoms with van der Waals surface area (Å²) < 4.78 is 37.7. The molecule has 3 nitrogen and oxygen atoms in total. The predicted molar refractivity (Wildman–Crippen MR) is 59.9 cm³/mol. The minimum Gasteiger partial charge on any atom is -0.373 e. The van der Waals surface area contributed by atoms with Crippen LogP contribution in [0.2, 0.25) is 0 Å². The number of hydrogen-bond donors (Lipinski definition) is 1. The first-order valence-corrected chi connectivity index (χ1v) is 5.61. The molecule has 0 aliphatic carbocycles. The number of thiophene rings is 1. The Balaban J connectivity index is 2.54. The van der Waals surface area contributed by atoms with E-state index < -0.39 is 12.0 Å². The molecule has 90 valence electrons. The topological polar surface area (TPSA) is 37.8 Å². The first-order valence-electron chi connectivity index (χ1n) is 4.67. The number of alkyl halides is 3. The summed E-state index contributed by atoms with van der Waals surface area (Å²) in [6.07, 6.45) is -4.54. The smallest absolute Gasteiger partial charge is 0.373 e. The average molecular weight is 259 g/mol. The van der Waals surface area contributed by atoms with Crippen LogP contribution in [0, 0.1) is 0 Å². The molecule has 0 bridgehead atoms. The van der Waals surface area contributed by atoms with E-state index in [0.717, 1.165) is 0 Å². The highest BCUT2D eigenvalue weighted by molar-refractivity contribution is 7.08. The molecule has 0 atom stereocenters. The fourth-order valence-corrected chi connectivity index (χ4v) is 1.91. The van der Waals surface area contributed by atoms with Gasteiger partial charge in [-0.2, -0.15) is 24.5 Å². The van der Waals surface area contributed by atoms with Gasteiger partial charge in [0.05, 0.1) is 5.69 Å². The summed E-state index contributed by atoms with van der Waals surface area (Å²) in [5.74, 6) is -0.987. The number of nitrogens with zero attached hydrogens (tertiary/aromatic N) is 2. The number of halogens is 3. The van der Waals surface area contributed by atoms with Crippen LogP contribution in [0.4, 0.5) is 19.0 Å². The molecular formula is C10H8F3N3S. The van der Waals surface area contributed by atoms with Crippen LogP contribution in [0.5, 0.6) is 0 Å². The number of rotatable bonds is 2. The molecule has 0 aliphatic heterocycles. The molecule has 17 heavy (non-hydrogen) atoms. The maximum absolute atomic E-state index is 12.6. The van der Waals surface area contributed by atoms with Crippen LogP contribution < -0.4 is 5.32 Å². The molecule has 0 spiro atoms. The Morgan fingerprint density at radius 3 is 2.59 bits per heavy atom. The van der Waals surface area contributed by atoms with Crippen LogP contribution in [0.15, 0.2) is 22.9 Å². The molecule has 0 fully saturated rings. The van der Waals surface area contributed by atoms with E-state index in [9.17, 15) is 13.2 Å². The molecule has 2 aromatic heterocycles. The number of anilines is 1. The first-order chi connectivity index (χ1) is 8.00. The van der Waals surface area contributed by atoms with E-state index in [-0.39, 0.29) is 11.5 Å². The Labute approximate surface area is 99.3 Å². The Morgan fingerprint density at radius 2 is 2.06 bits per heavy atom. The van der Waals surface area contributed by atoms with Gasteiger partial charge < -0.3 is 5.32 Å². The number of aromatic nitrogens is 2. The predicted octanol–water partition coefficient (Wildman–Crippen LogP) is 3.27. The van der Waals surface area contributed by atoms with E-state index in [1.54, 1.807) is 16.8 Å². The van der Waals surface area contributed by atoms with E-state index in [1.807, 2.05) is 0 Å². The zero-order valence-electron chi connectivity index (χ0n) is 8.75. The van der Waals surface area contributed by atoms with E-state index in [2.05, 4.69) is 15.3 Å². The Morgan fingerprint density at radius 1 is 1.29 bits per heavy atom. The standard InChI is InChI=1S/C10H8F3N3S/c1-14-8-4-7(6-2-3-17-5-6)15-9(16-8)10(11,12)13/h2-5H,1H3,(H,14,15,16). The van der Waals surface area contributed by atoms with Crippen molar-refractivity contribution in [3.05, 3.63) is 28.7 Å². The highest BCUT2D eigenvalue weighted by Crippen LogP contribution is 2.30. The average Bonchev–Trinajstić information content (AvgIpc) is 2.80. The minimum atomic E-state index is -4.54. The van der Waals surface area contributed by atoms with Gasteiger partial charge in [-0.1, -0.05) is 0 Å². The molecule has 0 amide bonds. The summed E-state index contributed by atoms with van der Waals surface area (Å²) in [6.45, 7) is 0. The van der Waals surface area contributed by atoms with E-state index >= 15 is 0 Å². The highest BCUT2D eigenvalue weighted by Gasteiger charge is 2.35. The second-order valence-corrected chi connectivity index (χ2v) is 4.00. The van der Waals surface area contributed by atoms with Crippen LogP contribution in [0.1, 0.15) is 5.82 Å². The molecule has 2 rings (SSSR count). The lowest BCUT2D eigenvalue weighted by Gasteiger charge is -2.09. The lowest BCUT2D eigenvalue weighted by molar-refractivity contribution is -0.144. The Kier molecular flexibility index (Phi) is 3.01. The zero-order chi connectivity index (χ0) is 12.5. The number of hydrogen-bond acceptors (Lipinski definition) is 4. The van der Waals surface area contributed by atoms with Crippen LogP contribution in [-0.2, 0) is 6.18 Å². The molecule has 1 N–H and O–H groups in total. The first kappa shape index (κ1) is 11.8. The maximum Gasteiger partial charge on any atom is 0.451 e. The normalized spacial score (nSPS) is 11.5. The lowest BCUT2D eigenvalue weighted by Crippen LogP contribution is -2.12. The Bertz CT molecular complexity index is 508. The fourth-order valence-electron chi connectivity index (χ4n) is 1.26. The molecule has 2 aromatic rings. The van der Waals surface area contributed by atoms with Gasteiger partial charge >= 0.3 is 6.18 Å². The summed E-state index contributed by atoms with van der Waals surface area (Å²) in [7, 11) is 1.51. The van der Waals surface area contributed by atoms with Crippen LogP contribution in [0.3, 0.4) is 0 Å². The largest absolute Gasteiger partial charge is 0.451 e. The van der Waals surface area contributed by atoms with Gasteiger partial charge in [-0.15, -0.1) is 0 Å². The van der Waals surface area contributed by atoms with E-state index in [4.69, 9.17) is 0 Å². The van der Waals surface area contributed by atoms with Crippen molar-refractivity contribution >= 4 is 17.2 Å². The number of nitrogens with one attached hydrogen (secondary N) is 1. The monoisotopic (exact) mass is 259 g/mol. The summed E-state index contributed by atoms with van der Waals surface area (Å²) in [6, 6.07) is 3.20. The molecule has 0 saturated heterocycles. The van der Waals surface area contributed by atoms with Crippen molar-refractivity contribution in [1.82, 2.24) is 9.97 Å². The van der Waals surface area contributed by atoms with Gasteiger partial charge in [0.2, 0.25) is 5.82 Å². The van der Waals surface area contributed by atoms with Crippen molar-refractivity contribution in [2.45, 2.75) is 6.18 Å². The van der Waals surface area contributed by atoms with Gasteiger partial charge in [-0.05, 0) is 11.4 Å². The maximum atomic E-state index is 12.6. The third kappa shape index (κ3) is 2.55. The van der Waals surface area contributed by atoms with Crippen LogP contribution in [0.25, 0.3) is 11.3 Å². The third-order valence-electron chi connectivity index (χ3n) is 2.05. The summed E-state index contributed by atoms with van der Waals surface area (Å²) in [5.41, 5.74) is 0.914. The van der Waals surface area contributed by atoms with Crippen LogP contribution in [-0.4, -0.2) is 17.0 Å². The molecule has 0 aromatic carbocycles. The molecule has 0 aliphatic rings. The molecule has 0 unspecified atom stereocenters. The van der Waals surface area contributed by atoms with Gasteiger partial charge in [-0.25, -0.2) is 9.97 Å². The minimum absolute atomic E-state index is 0.147. The molecule has 7 heteroatoms. The zero-order valence-corrected chi connectivity index (χ0v) is 9.56. The van der Waals surface area contributed by atoms with Crippen molar-refractivity contribution in [3.63, 3.8) is 0 Å². The molecule has 0 radical (unpaired) electrons.